The Morgan fingerprint density at radius 1 is 1.28 bits per heavy atom. The van der Waals surface area contributed by atoms with Gasteiger partial charge in [-0.25, -0.2) is 4.79 Å². The Balaban J connectivity index is 1.83. The van der Waals surface area contributed by atoms with Gasteiger partial charge in [0.05, 0.1) is 25.4 Å². The van der Waals surface area contributed by atoms with E-state index in [0.29, 0.717) is 13.1 Å². The van der Waals surface area contributed by atoms with Gasteiger partial charge in [-0.2, -0.15) is 0 Å². The van der Waals surface area contributed by atoms with Crippen LogP contribution in [0.2, 0.25) is 0 Å². The topological polar surface area (TPSA) is 50.8 Å². The smallest absolute Gasteiger partial charge is 0.321 e. The van der Waals surface area contributed by atoms with Crippen LogP contribution in [0.25, 0.3) is 0 Å². The van der Waals surface area contributed by atoms with Crippen LogP contribution in [0.1, 0.15) is 26.7 Å². The lowest BCUT2D eigenvalue weighted by molar-refractivity contribution is -0.0542. The summed E-state index contributed by atoms with van der Waals surface area (Å²) in [6, 6.07) is -0.0315. The SMILES string of the molecule is CC1CN(C(=O)NC=C2CCOCC2)CC(C)O1. The van der Waals surface area contributed by atoms with E-state index in [2.05, 4.69) is 5.32 Å². The van der Waals surface area contributed by atoms with E-state index >= 15 is 0 Å². The number of carbonyl (C=O) groups excluding carboxylic acids is 1. The predicted octanol–water partition coefficient (Wildman–Crippen LogP) is 1.50. The molecular weight excluding hydrogens is 232 g/mol. The molecule has 0 aromatic heterocycles. The van der Waals surface area contributed by atoms with Gasteiger partial charge in [-0.1, -0.05) is 0 Å². The minimum atomic E-state index is -0.0315. The van der Waals surface area contributed by atoms with Crippen molar-refractivity contribution in [1.82, 2.24) is 10.2 Å². The molecule has 0 aromatic carbocycles. The average Bonchev–Trinajstić information content (AvgIpc) is 2.36. The van der Waals surface area contributed by atoms with E-state index in [0.717, 1.165) is 26.1 Å². The fourth-order valence-electron chi connectivity index (χ4n) is 2.38. The van der Waals surface area contributed by atoms with Gasteiger partial charge in [0.2, 0.25) is 0 Å². The van der Waals surface area contributed by atoms with Gasteiger partial charge in [-0.3, -0.25) is 0 Å². The number of urea groups is 1. The summed E-state index contributed by atoms with van der Waals surface area (Å²) in [6.45, 7) is 6.81. The fraction of sp³-hybridized carbons (Fsp3) is 0.769. The first-order valence-corrected chi connectivity index (χ1v) is 6.61. The van der Waals surface area contributed by atoms with Crippen LogP contribution >= 0.6 is 0 Å². The zero-order valence-electron chi connectivity index (χ0n) is 11.1. The molecule has 0 aliphatic carbocycles. The van der Waals surface area contributed by atoms with E-state index in [1.165, 1.54) is 5.57 Å². The normalized spacial score (nSPS) is 29.0. The summed E-state index contributed by atoms with van der Waals surface area (Å²) in [4.78, 5) is 13.8. The fourth-order valence-corrected chi connectivity index (χ4v) is 2.38. The highest BCUT2D eigenvalue weighted by Crippen LogP contribution is 2.13. The van der Waals surface area contributed by atoms with Gasteiger partial charge in [0, 0.05) is 19.3 Å². The van der Waals surface area contributed by atoms with Crippen molar-refractivity contribution in [2.45, 2.75) is 38.9 Å². The second-order valence-electron chi connectivity index (χ2n) is 5.03. The second kappa shape index (κ2) is 6.20. The number of amides is 2. The molecule has 5 nitrogen and oxygen atoms in total. The minimum Gasteiger partial charge on any atom is -0.381 e. The standard InChI is InChI=1S/C13H22N2O3/c1-10-8-15(9-11(2)18-10)13(16)14-7-12-3-5-17-6-4-12/h7,10-11H,3-6,8-9H2,1-2H3,(H,14,16). The lowest BCUT2D eigenvalue weighted by Gasteiger charge is -2.35. The number of carbonyl (C=O) groups is 1. The molecule has 1 N–H and O–H groups in total. The molecule has 18 heavy (non-hydrogen) atoms. The predicted molar refractivity (Wildman–Crippen MR) is 68.2 cm³/mol. The van der Waals surface area contributed by atoms with Gasteiger partial charge in [0.1, 0.15) is 0 Å². The number of nitrogens with one attached hydrogen (secondary N) is 1. The molecule has 2 amide bonds. The molecule has 102 valence electrons. The molecule has 0 saturated carbocycles. The Labute approximate surface area is 108 Å². The third kappa shape index (κ3) is 3.71. The first-order valence-electron chi connectivity index (χ1n) is 6.61. The molecule has 2 unspecified atom stereocenters. The Morgan fingerprint density at radius 3 is 2.50 bits per heavy atom. The Morgan fingerprint density at radius 2 is 1.89 bits per heavy atom. The molecule has 0 spiro atoms. The first kappa shape index (κ1) is 13.4. The van der Waals surface area contributed by atoms with Crippen molar-refractivity contribution in [3.05, 3.63) is 11.8 Å². The molecule has 0 aromatic rings. The van der Waals surface area contributed by atoms with Crippen LogP contribution in [0.4, 0.5) is 4.79 Å². The van der Waals surface area contributed by atoms with Crippen LogP contribution in [-0.4, -0.2) is 49.4 Å². The number of hydrogen-bond acceptors (Lipinski definition) is 3. The third-order valence-corrected chi connectivity index (χ3v) is 3.24. The van der Waals surface area contributed by atoms with Crippen molar-refractivity contribution in [2.24, 2.45) is 0 Å². The third-order valence-electron chi connectivity index (χ3n) is 3.24. The molecule has 2 aliphatic rings. The van der Waals surface area contributed by atoms with E-state index in [1.54, 1.807) is 0 Å². The quantitative estimate of drug-likeness (QED) is 0.771. The van der Waals surface area contributed by atoms with E-state index in [4.69, 9.17) is 9.47 Å². The Kier molecular flexibility index (Phi) is 4.60. The highest BCUT2D eigenvalue weighted by atomic mass is 16.5. The number of rotatable bonds is 1. The molecule has 2 saturated heterocycles. The van der Waals surface area contributed by atoms with Crippen LogP contribution in [-0.2, 0) is 9.47 Å². The summed E-state index contributed by atoms with van der Waals surface area (Å²) in [5.74, 6) is 0. The van der Waals surface area contributed by atoms with E-state index in [1.807, 2.05) is 24.9 Å². The minimum absolute atomic E-state index is 0.0315. The van der Waals surface area contributed by atoms with Crippen LogP contribution in [0.15, 0.2) is 11.8 Å². The monoisotopic (exact) mass is 254 g/mol. The van der Waals surface area contributed by atoms with Crippen LogP contribution in [0.5, 0.6) is 0 Å². The molecule has 2 rings (SSSR count). The van der Waals surface area contributed by atoms with Crippen LogP contribution in [0.3, 0.4) is 0 Å². The molecule has 2 atom stereocenters. The van der Waals surface area contributed by atoms with Gasteiger partial charge in [-0.05, 0) is 32.3 Å². The average molecular weight is 254 g/mol. The van der Waals surface area contributed by atoms with Crippen LogP contribution < -0.4 is 5.32 Å². The Hall–Kier alpha value is -1.07. The summed E-state index contributed by atoms with van der Waals surface area (Å²) in [7, 11) is 0. The molecule has 0 bridgehead atoms. The summed E-state index contributed by atoms with van der Waals surface area (Å²) in [5, 5.41) is 2.88. The molecular formula is C13H22N2O3. The molecule has 5 heteroatoms. The van der Waals surface area contributed by atoms with Crippen molar-refractivity contribution in [3.8, 4) is 0 Å². The van der Waals surface area contributed by atoms with Gasteiger partial charge >= 0.3 is 6.03 Å². The van der Waals surface area contributed by atoms with Crippen molar-refractivity contribution in [1.29, 1.82) is 0 Å². The first-order chi connectivity index (χ1) is 8.65. The number of ether oxygens (including phenoxy) is 2. The number of morpholine rings is 1. The van der Waals surface area contributed by atoms with Crippen molar-refractivity contribution >= 4 is 6.03 Å². The maximum Gasteiger partial charge on any atom is 0.321 e. The van der Waals surface area contributed by atoms with Gasteiger partial charge in [-0.15, -0.1) is 0 Å². The maximum atomic E-state index is 12.0. The molecule has 2 heterocycles. The van der Waals surface area contributed by atoms with E-state index in [-0.39, 0.29) is 18.2 Å². The summed E-state index contributed by atoms with van der Waals surface area (Å²) in [5.41, 5.74) is 1.25. The molecule has 0 radical (unpaired) electrons. The summed E-state index contributed by atoms with van der Waals surface area (Å²) in [6.07, 6.45) is 3.88. The summed E-state index contributed by atoms with van der Waals surface area (Å²) >= 11 is 0. The summed E-state index contributed by atoms with van der Waals surface area (Å²) < 4.78 is 10.9. The highest BCUT2D eigenvalue weighted by molar-refractivity contribution is 5.75. The van der Waals surface area contributed by atoms with E-state index < -0.39 is 0 Å². The van der Waals surface area contributed by atoms with E-state index in [9.17, 15) is 4.79 Å². The highest BCUT2D eigenvalue weighted by Gasteiger charge is 2.25. The van der Waals surface area contributed by atoms with Crippen molar-refractivity contribution in [2.75, 3.05) is 26.3 Å². The van der Waals surface area contributed by atoms with Gasteiger partial charge < -0.3 is 19.7 Å². The second-order valence-corrected chi connectivity index (χ2v) is 5.03. The van der Waals surface area contributed by atoms with Gasteiger partial charge in [0.25, 0.3) is 0 Å². The molecule has 2 fully saturated rings. The van der Waals surface area contributed by atoms with Gasteiger partial charge in [0.15, 0.2) is 0 Å². The largest absolute Gasteiger partial charge is 0.381 e. The van der Waals surface area contributed by atoms with Crippen molar-refractivity contribution in [3.63, 3.8) is 0 Å². The van der Waals surface area contributed by atoms with Crippen molar-refractivity contribution < 1.29 is 14.3 Å². The Bertz CT molecular complexity index is 312. The maximum absolute atomic E-state index is 12.0. The lowest BCUT2D eigenvalue weighted by atomic mass is 10.1. The number of hydrogen-bond donors (Lipinski definition) is 1. The zero-order chi connectivity index (χ0) is 13.0. The zero-order valence-corrected chi connectivity index (χ0v) is 11.1. The van der Waals surface area contributed by atoms with Crippen LogP contribution in [0, 0.1) is 0 Å². The molecule has 2 aliphatic heterocycles. The lowest BCUT2D eigenvalue weighted by Crippen LogP contribution is -2.50. The number of nitrogens with zero attached hydrogens (tertiary/aromatic N) is 1.